The summed E-state index contributed by atoms with van der Waals surface area (Å²) in [6.07, 6.45) is 3.62. The monoisotopic (exact) mass is 280 g/mol. The second-order valence-electron chi connectivity index (χ2n) is 4.71. The van der Waals surface area contributed by atoms with Gasteiger partial charge in [-0.05, 0) is 34.5 Å². The molecule has 1 aromatic heterocycles. The second-order valence-corrected chi connectivity index (χ2v) is 5.80. The number of nitrogens with two attached hydrogens (primary N) is 1. The molecular formula is C17H16N2S. The molecule has 1 heterocycles. The van der Waals surface area contributed by atoms with E-state index >= 15 is 0 Å². The largest absolute Gasteiger partial charge is 0.323 e. The first-order valence-electron chi connectivity index (χ1n) is 6.60. The van der Waals surface area contributed by atoms with Gasteiger partial charge in [0.1, 0.15) is 0 Å². The lowest BCUT2D eigenvalue weighted by molar-refractivity contribution is 0.833. The molecule has 1 unspecified atom stereocenters. The maximum absolute atomic E-state index is 6.30. The average Bonchev–Trinajstić information content (AvgIpc) is 2.53. The Hall–Kier alpha value is -1.84. The van der Waals surface area contributed by atoms with Gasteiger partial charge in [-0.3, -0.25) is 4.98 Å². The lowest BCUT2D eigenvalue weighted by Crippen LogP contribution is -2.12. The van der Waals surface area contributed by atoms with Crippen LogP contribution in [0.2, 0.25) is 0 Å². The molecule has 2 N–H and O–H groups in total. The quantitative estimate of drug-likeness (QED) is 0.733. The van der Waals surface area contributed by atoms with Gasteiger partial charge in [0, 0.05) is 29.1 Å². The van der Waals surface area contributed by atoms with E-state index in [1.165, 1.54) is 21.2 Å². The Kier molecular flexibility index (Phi) is 4.00. The van der Waals surface area contributed by atoms with Crippen molar-refractivity contribution < 1.29 is 0 Å². The van der Waals surface area contributed by atoms with Gasteiger partial charge in [0.2, 0.25) is 0 Å². The third kappa shape index (κ3) is 3.00. The van der Waals surface area contributed by atoms with Crippen LogP contribution < -0.4 is 5.73 Å². The summed E-state index contributed by atoms with van der Waals surface area (Å²) in [5, 5.41) is 2.50. The van der Waals surface area contributed by atoms with Gasteiger partial charge in [0.15, 0.2) is 0 Å². The van der Waals surface area contributed by atoms with E-state index in [-0.39, 0.29) is 6.04 Å². The zero-order valence-electron chi connectivity index (χ0n) is 11.1. The maximum Gasteiger partial charge on any atom is 0.0390 e. The Morgan fingerprint density at radius 1 is 0.950 bits per heavy atom. The van der Waals surface area contributed by atoms with Crippen molar-refractivity contribution in [2.45, 2.75) is 10.9 Å². The van der Waals surface area contributed by atoms with E-state index in [0.717, 1.165) is 5.75 Å². The molecule has 0 aliphatic rings. The summed E-state index contributed by atoms with van der Waals surface area (Å²) >= 11 is 1.76. The number of hydrogen-bond acceptors (Lipinski definition) is 3. The van der Waals surface area contributed by atoms with Crippen molar-refractivity contribution in [3.63, 3.8) is 0 Å². The molecule has 0 bridgehead atoms. The number of thioether (sulfide) groups is 1. The Bertz CT molecular complexity index is 697. The van der Waals surface area contributed by atoms with Crippen molar-refractivity contribution in [3.8, 4) is 0 Å². The van der Waals surface area contributed by atoms with Crippen molar-refractivity contribution >= 4 is 22.5 Å². The van der Waals surface area contributed by atoms with E-state index in [1.807, 2.05) is 24.5 Å². The van der Waals surface area contributed by atoms with Gasteiger partial charge in [-0.25, -0.2) is 0 Å². The van der Waals surface area contributed by atoms with Crippen LogP contribution in [-0.4, -0.2) is 10.7 Å². The Balaban J connectivity index is 1.73. The summed E-state index contributed by atoms with van der Waals surface area (Å²) < 4.78 is 0. The van der Waals surface area contributed by atoms with E-state index in [9.17, 15) is 0 Å². The van der Waals surface area contributed by atoms with Crippen LogP contribution in [-0.2, 0) is 0 Å². The molecule has 0 saturated carbocycles. The van der Waals surface area contributed by atoms with Gasteiger partial charge in [0.25, 0.3) is 0 Å². The van der Waals surface area contributed by atoms with E-state index in [0.29, 0.717) is 0 Å². The van der Waals surface area contributed by atoms with Gasteiger partial charge in [0.05, 0.1) is 0 Å². The molecule has 3 rings (SSSR count). The van der Waals surface area contributed by atoms with Crippen LogP contribution in [0.3, 0.4) is 0 Å². The highest BCUT2D eigenvalue weighted by Crippen LogP contribution is 2.25. The van der Waals surface area contributed by atoms with Gasteiger partial charge in [-0.15, -0.1) is 11.8 Å². The highest BCUT2D eigenvalue weighted by molar-refractivity contribution is 7.99. The molecule has 0 aliphatic heterocycles. The van der Waals surface area contributed by atoms with Crippen molar-refractivity contribution in [2.24, 2.45) is 5.73 Å². The third-order valence-corrected chi connectivity index (χ3v) is 4.41. The van der Waals surface area contributed by atoms with Crippen molar-refractivity contribution in [1.82, 2.24) is 4.98 Å². The Morgan fingerprint density at radius 3 is 2.50 bits per heavy atom. The molecule has 0 fully saturated rings. The van der Waals surface area contributed by atoms with Crippen LogP contribution in [0.15, 0.2) is 71.9 Å². The van der Waals surface area contributed by atoms with Crippen LogP contribution in [0.1, 0.15) is 11.6 Å². The molecule has 3 aromatic rings. The molecule has 100 valence electrons. The first-order valence-corrected chi connectivity index (χ1v) is 7.58. The summed E-state index contributed by atoms with van der Waals surface area (Å²) in [4.78, 5) is 5.23. The van der Waals surface area contributed by atoms with Crippen molar-refractivity contribution in [2.75, 3.05) is 5.75 Å². The average molecular weight is 280 g/mol. The molecule has 0 aliphatic carbocycles. The fourth-order valence-corrected chi connectivity index (χ4v) is 3.03. The van der Waals surface area contributed by atoms with E-state index < -0.39 is 0 Å². The number of benzene rings is 2. The van der Waals surface area contributed by atoms with E-state index in [2.05, 4.69) is 47.4 Å². The zero-order chi connectivity index (χ0) is 13.8. The molecule has 0 amide bonds. The summed E-state index contributed by atoms with van der Waals surface area (Å²) in [5.74, 6) is 0.863. The number of rotatable bonds is 4. The first kappa shape index (κ1) is 13.2. The van der Waals surface area contributed by atoms with Gasteiger partial charge in [-0.2, -0.15) is 0 Å². The normalized spacial score (nSPS) is 12.4. The lowest BCUT2D eigenvalue weighted by atomic mass is 10.0. The smallest absolute Gasteiger partial charge is 0.0390 e. The summed E-state index contributed by atoms with van der Waals surface area (Å²) in [6, 6.07) is 18.9. The van der Waals surface area contributed by atoms with Crippen molar-refractivity contribution in [1.29, 1.82) is 0 Å². The zero-order valence-corrected chi connectivity index (χ0v) is 11.9. The molecule has 0 saturated heterocycles. The number of nitrogens with zero attached hydrogens (tertiary/aromatic N) is 1. The summed E-state index contributed by atoms with van der Waals surface area (Å²) in [5.41, 5.74) is 7.48. The van der Waals surface area contributed by atoms with Crippen LogP contribution in [0.4, 0.5) is 0 Å². The van der Waals surface area contributed by atoms with E-state index in [4.69, 9.17) is 5.73 Å². The highest BCUT2D eigenvalue weighted by atomic mass is 32.2. The predicted octanol–water partition coefficient (Wildman–Crippen LogP) is 4.03. The molecule has 2 nitrogen and oxygen atoms in total. The molecule has 3 heteroatoms. The van der Waals surface area contributed by atoms with Gasteiger partial charge < -0.3 is 5.73 Å². The minimum atomic E-state index is 0.0396. The molecule has 1 atom stereocenters. The fraction of sp³-hybridized carbons (Fsp3) is 0.118. The van der Waals surface area contributed by atoms with Crippen LogP contribution in [0.25, 0.3) is 10.8 Å². The van der Waals surface area contributed by atoms with Gasteiger partial charge in [-0.1, -0.05) is 36.4 Å². The highest BCUT2D eigenvalue weighted by Gasteiger charge is 2.07. The molecule has 0 spiro atoms. The number of aromatic nitrogens is 1. The molecule has 2 aromatic carbocycles. The second kappa shape index (κ2) is 6.07. The minimum absolute atomic E-state index is 0.0396. The van der Waals surface area contributed by atoms with E-state index in [1.54, 1.807) is 11.8 Å². The summed E-state index contributed by atoms with van der Waals surface area (Å²) in [7, 11) is 0. The Morgan fingerprint density at radius 2 is 1.70 bits per heavy atom. The Labute approximate surface area is 123 Å². The lowest BCUT2D eigenvalue weighted by Gasteiger charge is -2.12. The summed E-state index contributed by atoms with van der Waals surface area (Å²) in [6.45, 7) is 0. The first-order chi connectivity index (χ1) is 9.83. The maximum atomic E-state index is 6.30. The standard InChI is InChI=1S/C17H16N2S/c18-17(12-20-16-7-9-19-10-8-16)15-6-5-13-3-1-2-4-14(13)11-15/h1-11,17H,12,18H2. The fourth-order valence-electron chi connectivity index (χ4n) is 2.16. The minimum Gasteiger partial charge on any atom is -0.323 e. The number of hydrogen-bond donors (Lipinski definition) is 1. The van der Waals surface area contributed by atoms with Crippen LogP contribution in [0, 0.1) is 0 Å². The number of fused-ring (bicyclic) bond motifs is 1. The van der Waals surface area contributed by atoms with Crippen LogP contribution in [0.5, 0.6) is 0 Å². The number of pyridine rings is 1. The van der Waals surface area contributed by atoms with Crippen LogP contribution >= 0.6 is 11.8 Å². The molecular weight excluding hydrogens is 264 g/mol. The third-order valence-electron chi connectivity index (χ3n) is 3.28. The molecule has 20 heavy (non-hydrogen) atoms. The SMILES string of the molecule is NC(CSc1ccncc1)c1ccc2ccccc2c1. The predicted molar refractivity (Wildman–Crippen MR) is 85.8 cm³/mol. The van der Waals surface area contributed by atoms with Crippen molar-refractivity contribution in [3.05, 3.63) is 72.6 Å². The topological polar surface area (TPSA) is 38.9 Å². The van der Waals surface area contributed by atoms with Gasteiger partial charge >= 0.3 is 0 Å². The molecule has 0 radical (unpaired) electrons.